The molecule has 0 aliphatic rings. The first-order chi connectivity index (χ1) is 8.18. The van der Waals surface area contributed by atoms with Crippen LogP contribution in [0.5, 0.6) is 0 Å². The van der Waals surface area contributed by atoms with E-state index in [9.17, 15) is 4.79 Å². The predicted molar refractivity (Wildman–Crippen MR) is 66.5 cm³/mol. The zero-order valence-corrected chi connectivity index (χ0v) is 10.3. The second-order valence-electron chi connectivity index (χ2n) is 3.89. The van der Waals surface area contributed by atoms with Crippen LogP contribution in [0.1, 0.15) is 19.4 Å². The van der Waals surface area contributed by atoms with E-state index in [0.29, 0.717) is 13.2 Å². The van der Waals surface area contributed by atoms with Crippen molar-refractivity contribution in [2.45, 2.75) is 26.6 Å². The molecule has 0 amide bonds. The van der Waals surface area contributed by atoms with Crippen LogP contribution in [0.2, 0.25) is 0 Å². The molecule has 0 heterocycles. The van der Waals surface area contributed by atoms with Gasteiger partial charge in [0.25, 0.3) is 0 Å². The van der Waals surface area contributed by atoms with E-state index in [4.69, 9.17) is 9.47 Å². The topological polar surface area (TPSA) is 35.5 Å². The van der Waals surface area contributed by atoms with E-state index in [0.717, 1.165) is 5.56 Å². The molecule has 3 nitrogen and oxygen atoms in total. The summed E-state index contributed by atoms with van der Waals surface area (Å²) in [4.78, 5) is 11.1. The maximum absolute atomic E-state index is 11.1. The van der Waals surface area contributed by atoms with Crippen molar-refractivity contribution in [3.05, 3.63) is 48.0 Å². The van der Waals surface area contributed by atoms with Crippen molar-refractivity contribution in [2.75, 3.05) is 6.61 Å². The molecule has 1 aromatic carbocycles. The van der Waals surface area contributed by atoms with Gasteiger partial charge in [-0.3, -0.25) is 0 Å². The lowest BCUT2D eigenvalue weighted by Crippen LogP contribution is -2.08. The van der Waals surface area contributed by atoms with E-state index in [1.807, 2.05) is 44.2 Å². The fourth-order valence-electron chi connectivity index (χ4n) is 1.23. The van der Waals surface area contributed by atoms with E-state index in [2.05, 4.69) is 0 Å². The van der Waals surface area contributed by atoms with Gasteiger partial charge in [0.05, 0.1) is 19.3 Å². The third-order valence-electron chi connectivity index (χ3n) is 1.93. The Bertz CT molecular complexity index is 355. The molecule has 0 bridgehead atoms. The first-order valence-corrected chi connectivity index (χ1v) is 5.67. The second-order valence-corrected chi connectivity index (χ2v) is 3.89. The summed E-state index contributed by atoms with van der Waals surface area (Å²) in [5, 5.41) is 0. The summed E-state index contributed by atoms with van der Waals surface area (Å²) in [5.41, 5.74) is 1.12. The molecule has 1 aromatic rings. The van der Waals surface area contributed by atoms with E-state index in [1.165, 1.54) is 6.08 Å². The third kappa shape index (κ3) is 6.53. The first-order valence-electron chi connectivity index (χ1n) is 5.67. The SMILES string of the molecule is CC(C)OC(=O)/C=C/COCc1ccccc1. The Morgan fingerprint density at radius 2 is 2.00 bits per heavy atom. The summed E-state index contributed by atoms with van der Waals surface area (Å²) in [5.74, 6) is -0.330. The Morgan fingerprint density at radius 3 is 2.65 bits per heavy atom. The molecular weight excluding hydrogens is 216 g/mol. The summed E-state index contributed by atoms with van der Waals surface area (Å²) in [7, 11) is 0. The Kier molecular flexibility index (Phi) is 6.04. The van der Waals surface area contributed by atoms with Gasteiger partial charge in [-0.1, -0.05) is 36.4 Å². The molecule has 0 aliphatic carbocycles. The van der Waals surface area contributed by atoms with Crippen LogP contribution in [0, 0.1) is 0 Å². The molecule has 92 valence electrons. The average molecular weight is 234 g/mol. The van der Waals surface area contributed by atoms with E-state index < -0.39 is 0 Å². The van der Waals surface area contributed by atoms with E-state index >= 15 is 0 Å². The Hall–Kier alpha value is -1.61. The van der Waals surface area contributed by atoms with Crippen molar-refractivity contribution in [1.82, 2.24) is 0 Å². The molecule has 0 saturated carbocycles. The molecule has 0 saturated heterocycles. The molecule has 0 aromatic heterocycles. The second kappa shape index (κ2) is 7.63. The van der Waals surface area contributed by atoms with Crippen LogP contribution in [0.4, 0.5) is 0 Å². The van der Waals surface area contributed by atoms with Crippen molar-refractivity contribution in [3.63, 3.8) is 0 Å². The van der Waals surface area contributed by atoms with Crippen LogP contribution in [0.3, 0.4) is 0 Å². The van der Waals surface area contributed by atoms with Crippen molar-refractivity contribution < 1.29 is 14.3 Å². The van der Waals surface area contributed by atoms with Crippen LogP contribution < -0.4 is 0 Å². The molecule has 0 unspecified atom stereocenters. The molecule has 0 radical (unpaired) electrons. The quantitative estimate of drug-likeness (QED) is 0.431. The number of rotatable bonds is 6. The van der Waals surface area contributed by atoms with Gasteiger partial charge < -0.3 is 9.47 Å². The predicted octanol–water partition coefficient (Wildman–Crippen LogP) is 2.71. The highest BCUT2D eigenvalue weighted by molar-refractivity contribution is 5.81. The highest BCUT2D eigenvalue weighted by Crippen LogP contribution is 2.00. The van der Waals surface area contributed by atoms with Crippen molar-refractivity contribution in [3.8, 4) is 0 Å². The van der Waals surface area contributed by atoms with Crippen molar-refractivity contribution in [2.24, 2.45) is 0 Å². The smallest absolute Gasteiger partial charge is 0.330 e. The molecule has 17 heavy (non-hydrogen) atoms. The first kappa shape index (κ1) is 13.5. The maximum atomic E-state index is 11.1. The minimum atomic E-state index is -0.330. The van der Waals surface area contributed by atoms with Crippen LogP contribution >= 0.6 is 0 Å². The number of carbonyl (C=O) groups excluding carboxylic acids is 1. The van der Waals surface area contributed by atoms with Crippen LogP contribution in [-0.4, -0.2) is 18.7 Å². The molecule has 0 aliphatic heterocycles. The van der Waals surface area contributed by atoms with E-state index in [1.54, 1.807) is 6.08 Å². The molecule has 0 spiro atoms. The van der Waals surface area contributed by atoms with Gasteiger partial charge in [0.15, 0.2) is 0 Å². The van der Waals surface area contributed by atoms with Gasteiger partial charge in [0.1, 0.15) is 0 Å². The normalized spacial score (nSPS) is 11.0. The summed E-state index contributed by atoms with van der Waals surface area (Å²) in [6.45, 7) is 4.59. The Morgan fingerprint density at radius 1 is 1.29 bits per heavy atom. The lowest BCUT2D eigenvalue weighted by molar-refractivity contribution is -0.141. The van der Waals surface area contributed by atoms with Crippen molar-refractivity contribution in [1.29, 1.82) is 0 Å². The number of esters is 1. The minimum Gasteiger partial charge on any atom is -0.460 e. The molecule has 0 atom stereocenters. The van der Waals surface area contributed by atoms with Crippen LogP contribution in [0.25, 0.3) is 0 Å². The fraction of sp³-hybridized carbons (Fsp3) is 0.357. The average Bonchev–Trinajstić information content (AvgIpc) is 2.29. The zero-order valence-electron chi connectivity index (χ0n) is 10.3. The Balaban J connectivity index is 2.16. The molecule has 3 heteroatoms. The number of carbonyl (C=O) groups is 1. The largest absolute Gasteiger partial charge is 0.460 e. The summed E-state index contributed by atoms with van der Waals surface area (Å²) in [6, 6.07) is 9.89. The monoisotopic (exact) mass is 234 g/mol. The van der Waals surface area contributed by atoms with Gasteiger partial charge in [-0.2, -0.15) is 0 Å². The number of hydrogen-bond acceptors (Lipinski definition) is 3. The minimum absolute atomic E-state index is 0.0858. The fourth-order valence-corrected chi connectivity index (χ4v) is 1.23. The highest BCUT2D eigenvalue weighted by atomic mass is 16.5. The lowest BCUT2D eigenvalue weighted by Gasteiger charge is -2.04. The number of benzene rings is 1. The molecule has 1 rings (SSSR count). The summed E-state index contributed by atoms with van der Waals surface area (Å²) < 4.78 is 10.3. The van der Waals surface area contributed by atoms with Gasteiger partial charge in [-0.25, -0.2) is 4.79 Å². The van der Waals surface area contributed by atoms with Crippen LogP contribution in [0.15, 0.2) is 42.5 Å². The maximum Gasteiger partial charge on any atom is 0.330 e. The standard InChI is InChI=1S/C14H18O3/c1-12(2)17-14(15)9-6-10-16-11-13-7-4-3-5-8-13/h3-9,12H,10-11H2,1-2H3/b9-6+. The third-order valence-corrected chi connectivity index (χ3v) is 1.93. The molecule has 0 N–H and O–H groups in total. The van der Waals surface area contributed by atoms with Gasteiger partial charge in [0, 0.05) is 6.08 Å². The highest BCUT2D eigenvalue weighted by Gasteiger charge is 1.98. The summed E-state index contributed by atoms with van der Waals surface area (Å²) >= 11 is 0. The van der Waals surface area contributed by atoms with Gasteiger partial charge in [-0.05, 0) is 19.4 Å². The number of hydrogen-bond donors (Lipinski definition) is 0. The zero-order chi connectivity index (χ0) is 12.5. The van der Waals surface area contributed by atoms with E-state index in [-0.39, 0.29) is 12.1 Å². The van der Waals surface area contributed by atoms with Gasteiger partial charge in [0.2, 0.25) is 0 Å². The Labute approximate surface area is 102 Å². The molecule has 0 fully saturated rings. The van der Waals surface area contributed by atoms with Gasteiger partial charge >= 0.3 is 5.97 Å². The van der Waals surface area contributed by atoms with Crippen LogP contribution in [-0.2, 0) is 20.9 Å². The number of ether oxygens (including phenoxy) is 2. The summed E-state index contributed by atoms with van der Waals surface area (Å²) in [6.07, 6.45) is 2.97. The van der Waals surface area contributed by atoms with Crippen molar-refractivity contribution >= 4 is 5.97 Å². The lowest BCUT2D eigenvalue weighted by atomic mass is 10.2. The molecular formula is C14H18O3. The van der Waals surface area contributed by atoms with Gasteiger partial charge in [-0.15, -0.1) is 0 Å².